The van der Waals surface area contributed by atoms with Crippen LogP contribution in [-0.4, -0.2) is 84.0 Å². The first-order valence-electron chi connectivity index (χ1n) is 8.21. The Morgan fingerprint density at radius 1 is 0.960 bits per heavy atom. The molecule has 1 aromatic carbocycles. The van der Waals surface area contributed by atoms with Crippen molar-refractivity contribution in [2.75, 3.05) is 52.5 Å². The van der Waals surface area contributed by atoms with Gasteiger partial charge in [0, 0.05) is 57.0 Å². The number of nitrogens with zero attached hydrogens (tertiary/aromatic N) is 4. The van der Waals surface area contributed by atoms with Crippen molar-refractivity contribution < 1.29 is 19.2 Å². The first-order valence-corrected chi connectivity index (χ1v) is 8.21. The zero-order valence-corrected chi connectivity index (χ0v) is 13.8. The van der Waals surface area contributed by atoms with Crippen LogP contribution in [0, 0.1) is 10.1 Å². The zero-order valence-electron chi connectivity index (χ0n) is 13.8. The van der Waals surface area contributed by atoms with Crippen LogP contribution in [0.2, 0.25) is 0 Å². The maximum atomic E-state index is 12.5. The van der Waals surface area contributed by atoms with Crippen molar-refractivity contribution in [2.45, 2.75) is 0 Å². The molecule has 0 aliphatic carbocycles. The second kappa shape index (κ2) is 7.47. The summed E-state index contributed by atoms with van der Waals surface area (Å²) in [5, 5.41) is 10.8. The number of amides is 3. The topological polar surface area (TPSA) is 96.2 Å². The largest absolute Gasteiger partial charge is 0.378 e. The van der Waals surface area contributed by atoms with Crippen molar-refractivity contribution in [1.82, 2.24) is 14.7 Å². The van der Waals surface area contributed by atoms with Crippen molar-refractivity contribution in [3.05, 3.63) is 39.9 Å². The van der Waals surface area contributed by atoms with Crippen LogP contribution in [0.5, 0.6) is 0 Å². The summed E-state index contributed by atoms with van der Waals surface area (Å²) in [6.45, 7) is 4.02. The van der Waals surface area contributed by atoms with Crippen molar-refractivity contribution in [3.8, 4) is 0 Å². The van der Waals surface area contributed by atoms with Gasteiger partial charge in [0.15, 0.2) is 0 Å². The van der Waals surface area contributed by atoms with Gasteiger partial charge in [-0.2, -0.15) is 0 Å². The second-order valence-electron chi connectivity index (χ2n) is 5.97. The number of carbonyl (C=O) groups excluding carboxylic acids is 2. The third kappa shape index (κ3) is 3.87. The highest BCUT2D eigenvalue weighted by atomic mass is 16.6. The van der Waals surface area contributed by atoms with Gasteiger partial charge >= 0.3 is 6.03 Å². The maximum Gasteiger partial charge on any atom is 0.320 e. The quantitative estimate of drug-likeness (QED) is 0.582. The Morgan fingerprint density at radius 3 is 2.20 bits per heavy atom. The molecule has 2 aliphatic rings. The van der Waals surface area contributed by atoms with Crippen LogP contribution in [0.3, 0.4) is 0 Å². The minimum absolute atomic E-state index is 0.0225. The Balaban J connectivity index is 1.58. The Kier molecular flexibility index (Phi) is 5.13. The highest BCUT2D eigenvalue weighted by molar-refractivity contribution is 5.95. The maximum absolute atomic E-state index is 12.5. The Bertz CT molecular complexity index is 666. The predicted octanol–water partition coefficient (Wildman–Crippen LogP) is 0.805. The third-order valence-corrected chi connectivity index (χ3v) is 4.42. The molecule has 2 heterocycles. The molecule has 1 aromatic rings. The highest BCUT2D eigenvalue weighted by Crippen LogP contribution is 2.16. The molecule has 0 radical (unpaired) electrons. The number of morpholine rings is 1. The fourth-order valence-corrected chi connectivity index (χ4v) is 2.99. The minimum atomic E-state index is -0.518. The van der Waals surface area contributed by atoms with Crippen LogP contribution < -0.4 is 0 Å². The van der Waals surface area contributed by atoms with Crippen LogP contribution in [0.1, 0.15) is 10.4 Å². The van der Waals surface area contributed by atoms with E-state index in [1.807, 2.05) is 0 Å². The average molecular weight is 348 g/mol. The van der Waals surface area contributed by atoms with Gasteiger partial charge in [-0.1, -0.05) is 6.07 Å². The molecule has 0 atom stereocenters. The number of nitro groups is 1. The first-order chi connectivity index (χ1) is 12.1. The lowest BCUT2D eigenvalue weighted by molar-refractivity contribution is -0.384. The van der Waals surface area contributed by atoms with E-state index in [4.69, 9.17) is 4.74 Å². The summed E-state index contributed by atoms with van der Waals surface area (Å²) in [4.78, 5) is 40.4. The number of non-ortho nitro benzene ring substituents is 1. The van der Waals surface area contributed by atoms with Gasteiger partial charge in [-0.15, -0.1) is 0 Å². The average Bonchev–Trinajstić information content (AvgIpc) is 2.67. The molecule has 3 amide bonds. The summed E-state index contributed by atoms with van der Waals surface area (Å²) < 4.78 is 5.25. The molecule has 134 valence electrons. The third-order valence-electron chi connectivity index (χ3n) is 4.42. The highest BCUT2D eigenvalue weighted by Gasteiger charge is 2.28. The lowest BCUT2D eigenvalue weighted by atomic mass is 10.1. The number of ether oxygens (including phenoxy) is 1. The summed E-state index contributed by atoms with van der Waals surface area (Å²) in [5.41, 5.74) is 0.189. The molecule has 2 saturated heterocycles. The van der Waals surface area contributed by atoms with Crippen LogP contribution in [0.4, 0.5) is 10.5 Å². The van der Waals surface area contributed by atoms with E-state index in [0.717, 1.165) is 0 Å². The molecule has 0 unspecified atom stereocenters. The number of rotatable bonds is 2. The van der Waals surface area contributed by atoms with Gasteiger partial charge in [0.1, 0.15) is 0 Å². The number of nitro benzene ring substituents is 1. The molecule has 9 nitrogen and oxygen atoms in total. The Morgan fingerprint density at radius 2 is 1.56 bits per heavy atom. The lowest BCUT2D eigenvalue weighted by Crippen LogP contribution is -2.55. The molecule has 3 rings (SSSR count). The van der Waals surface area contributed by atoms with Gasteiger partial charge in [0.05, 0.1) is 18.1 Å². The van der Waals surface area contributed by atoms with Gasteiger partial charge in [-0.3, -0.25) is 14.9 Å². The normalized spacial score (nSPS) is 18.2. The fraction of sp³-hybridized carbons (Fsp3) is 0.500. The van der Waals surface area contributed by atoms with E-state index in [1.165, 1.54) is 18.2 Å². The SMILES string of the molecule is O=C(c1cccc([N+](=O)[O-])c1)N1CCN(C(=O)N2CCOCC2)CC1. The molecule has 2 aliphatic heterocycles. The molecular formula is C16H20N4O5. The lowest BCUT2D eigenvalue weighted by Gasteiger charge is -2.38. The molecule has 25 heavy (non-hydrogen) atoms. The fourth-order valence-electron chi connectivity index (χ4n) is 2.99. The number of benzene rings is 1. The predicted molar refractivity (Wildman–Crippen MR) is 88.4 cm³/mol. The molecule has 0 spiro atoms. The number of piperazine rings is 1. The van der Waals surface area contributed by atoms with E-state index in [-0.39, 0.29) is 17.6 Å². The number of urea groups is 1. The molecular weight excluding hydrogens is 328 g/mol. The van der Waals surface area contributed by atoms with E-state index in [2.05, 4.69) is 0 Å². The summed E-state index contributed by atoms with van der Waals surface area (Å²) in [6.07, 6.45) is 0. The first kappa shape index (κ1) is 17.2. The van der Waals surface area contributed by atoms with E-state index in [0.29, 0.717) is 58.0 Å². The number of carbonyl (C=O) groups is 2. The Hall–Kier alpha value is -2.68. The zero-order chi connectivity index (χ0) is 17.8. The summed E-state index contributed by atoms with van der Waals surface area (Å²) in [5.74, 6) is -0.248. The van der Waals surface area contributed by atoms with Crippen LogP contribution in [-0.2, 0) is 4.74 Å². The van der Waals surface area contributed by atoms with Crippen LogP contribution in [0.25, 0.3) is 0 Å². The molecule has 2 fully saturated rings. The van der Waals surface area contributed by atoms with Gasteiger partial charge in [0.2, 0.25) is 0 Å². The molecule has 9 heteroatoms. The van der Waals surface area contributed by atoms with Gasteiger partial charge < -0.3 is 19.4 Å². The van der Waals surface area contributed by atoms with Gasteiger partial charge in [-0.05, 0) is 6.07 Å². The van der Waals surface area contributed by atoms with Gasteiger partial charge in [-0.25, -0.2) is 4.79 Å². The van der Waals surface area contributed by atoms with Crippen molar-refractivity contribution in [2.24, 2.45) is 0 Å². The summed E-state index contributed by atoms with van der Waals surface area (Å²) in [7, 11) is 0. The van der Waals surface area contributed by atoms with Gasteiger partial charge in [0.25, 0.3) is 11.6 Å². The minimum Gasteiger partial charge on any atom is -0.378 e. The smallest absolute Gasteiger partial charge is 0.320 e. The molecule has 0 aromatic heterocycles. The summed E-state index contributed by atoms with van der Waals surface area (Å²) >= 11 is 0. The van der Waals surface area contributed by atoms with Crippen molar-refractivity contribution in [3.63, 3.8) is 0 Å². The van der Waals surface area contributed by atoms with E-state index in [1.54, 1.807) is 20.8 Å². The number of hydrogen-bond donors (Lipinski definition) is 0. The molecule has 0 saturated carbocycles. The van der Waals surface area contributed by atoms with Crippen molar-refractivity contribution >= 4 is 17.6 Å². The van der Waals surface area contributed by atoms with E-state index >= 15 is 0 Å². The van der Waals surface area contributed by atoms with Crippen molar-refractivity contribution in [1.29, 1.82) is 0 Å². The van der Waals surface area contributed by atoms with Crippen LogP contribution >= 0.6 is 0 Å². The summed E-state index contributed by atoms with van der Waals surface area (Å²) in [6, 6.07) is 5.69. The van der Waals surface area contributed by atoms with E-state index < -0.39 is 4.92 Å². The number of hydrogen-bond acceptors (Lipinski definition) is 5. The van der Waals surface area contributed by atoms with E-state index in [9.17, 15) is 19.7 Å². The molecule has 0 bridgehead atoms. The molecule has 0 N–H and O–H groups in total. The second-order valence-corrected chi connectivity index (χ2v) is 5.97. The van der Waals surface area contributed by atoms with Crippen LogP contribution in [0.15, 0.2) is 24.3 Å². The standard InChI is InChI=1S/C16H20N4O5/c21-15(13-2-1-3-14(12-13)20(23)24)17-4-6-18(7-5-17)16(22)19-8-10-25-11-9-19/h1-3,12H,4-11H2. The monoisotopic (exact) mass is 348 g/mol. The Labute approximate surface area is 144 Å².